The molecule has 0 radical (unpaired) electrons. The van der Waals surface area contributed by atoms with Crippen LogP contribution in [0.5, 0.6) is 5.75 Å². The van der Waals surface area contributed by atoms with Crippen LogP contribution < -0.4 is 15.0 Å². The van der Waals surface area contributed by atoms with Crippen LogP contribution in [0.4, 0.5) is 11.5 Å². The molecule has 1 saturated carbocycles. The van der Waals surface area contributed by atoms with E-state index in [2.05, 4.69) is 20.1 Å². The van der Waals surface area contributed by atoms with E-state index in [0.29, 0.717) is 11.3 Å². The normalized spacial score (nSPS) is 18.2. The molecule has 28 heavy (non-hydrogen) atoms. The zero-order valence-electron chi connectivity index (χ0n) is 16.4. The lowest BCUT2D eigenvalue weighted by Gasteiger charge is -2.38. The van der Waals surface area contributed by atoms with Gasteiger partial charge in [-0.2, -0.15) is 0 Å². The Morgan fingerprint density at radius 3 is 2.61 bits per heavy atom. The lowest BCUT2D eigenvalue weighted by Crippen LogP contribution is -2.50. The van der Waals surface area contributed by atoms with Crippen LogP contribution in [0.15, 0.2) is 42.6 Å². The standard InChI is InChI=1S/C22H28N4O2/c1-28-20-9-5-4-8-19(20)22(27)24-17-10-11-23-21(16-17)26-14-12-25(13-15-26)18-6-2-3-7-18/h4-5,8-11,16,18H,2-3,6-7,12-15H2,1H3,(H,23,24,27). The lowest BCUT2D eigenvalue weighted by atomic mass is 10.1. The molecule has 6 heteroatoms. The summed E-state index contributed by atoms with van der Waals surface area (Å²) in [5.41, 5.74) is 1.27. The maximum atomic E-state index is 12.6. The second kappa shape index (κ2) is 8.61. The van der Waals surface area contributed by atoms with E-state index in [-0.39, 0.29) is 5.91 Å². The molecule has 0 unspecified atom stereocenters. The van der Waals surface area contributed by atoms with Crippen molar-refractivity contribution >= 4 is 17.4 Å². The summed E-state index contributed by atoms with van der Waals surface area (Å²) in [5, 5.41) is 2.97. The first-order valence-electron chi connectivity index (χ1n) is 10.1. The van der Waals surface area contributed by atoms with Crippen molar-refractivity contribution in [3.8, 4) is 5.75 Å². The summed E-state index contributed by atoms with van der Waals surface area (Å²) in [6.07, 6.45) is 7.21. The lowest BCUT2D eigenvalue weighted by molar-refractivity contribution is 0.102. The van der Waals surface area contributed by atoms with Crippen LogP contribution in [0, 0.1) is 0 Å². The van der Waals surface area contributed by atoms with E-state index >= 15 is 0 Å². The van der Waals surface area contributed by atoms with Gasteiger partial charge in [0.15, 0.2) is 0 Å². The van der Waals surface area contributed by atoms with Gasteiger partial charge < -0.3 is 15.0 Å². The second-order valence-corrected chi connectivity index (χ2v) is 7.52. The zero-order chi connectivity index (χ0) is 19.3. The molecule has 2 aromatic rings. The highest BCUT2D eigenvalue weighted by molar-refractivity contribution is 6.06. The van der Waals surface area contributed by atoms with E-state index in [1.165, 1.54) is 25.7 Å². The number of pyridine rings is 1. The summed E-state index contributed by atoms with van der Waals surface area (Å²) >= 11 is 0. The Labute approximate surface area is 166 Å². The molecule has 2 heterocycles. The third-order valence-electron chi connectivity index (χ3n) is 5.83. The molecule has 4 rings (SSSR count). The second-order valence-electron chi connectivity index (χ2n) is 7.52. The third-order valence-corrected chi connectivity index (χ3v) is 5.83. The molecule has 2 fully saturated rings. The van der Waals surface area contributed by atoms with Gasteiger partial charge in [0.2, 0.25) is 0 Å². The molecule has 0 atom stereocenters. The quantitative estimate of drug-likeness (QED) is 0.861. The van der Waals surface area contributed by atoms with Crippen molar-refractivity contribution in [2.75, 3.05) is 43.5 Å². The molecular formula is C22H28N4O2. The molecule has 1 aliphatic carbocycles. The maximum absolute atomic E-state index is 12.6. The van der Waals surface area contributed by atoms with Crippen molar-refractivity contribution in [2.45, 2.75) is 31.7 Å². The number of nitrogens with one attached hydrogen (secondary N) is 1. The molecule has 1 aliphatic heterocycles. The Morgan fingerprint density at radius 1 is 1.11 bits per heavy atom. The van der Waals surface area contributed by atoms with Crippen LogP contribution in [-0.2, 0) is 0 Å². The number of methoxy groups -OCH3 is 1. The van der Waals surface area contributed by atoms with Crippen molar-refractivity contribution in [3.63, 3.8) is 0 Å². The van der Waals surface area contributed by atoms with Crippen molar-refractivity contribution < 1.29 is 9.53 Å². The number of amides is 1. The van der Waals surface area contributed by atoms with Gasteiger partial charge in [-0.1, -0.05) is 25.0 Å². The number of rotatable bonds is 5. The first-order chi connectivity index (χ1) is 13.7. The monoisotopic (exact) mass is 380 g/mol. The summed E-state index contributed by atoms with van der Waals surface area (Å²) in [5.74, 6) is 1.31. The largest absolute Gasteiger partial charge is 0.496 e. The summed E-state index contributed by atoms with van der Waals surface area (Å²) in [6, 6.07) is 11.8. The molecule has 0 bridgehead atoms. The predicted molar refractivity (Wildman–Crippen MR) is 111 cm³/mol. The average molecular weight is 380 g/mol. The number of anilines is 2. The number of piperazine rings is 1. The number of benzene rings is 1. The minimum atomic E-state index is -0.180. The minimum Gasteiger partial charge on any atom is -0.496 e. The molecule has 1 aromatic carbocycles. The predicted octanol–water partition coefficient (Wildman–Crippen LogP) is 3.41. The van der Waals surface area contributed by atoms with Crippen LogP contribution in [-0.4, -0.2) is 55.1 Å². The van der Waals surface area contributed by atoms with Crippen molar-refractivity contribution in [2.24, 2.45) is 0 Å². The molecule has 2 aliphatic rings. The van der Waals surface area contributed by atoms with E-state index in [1.54, 1.807) is 25.4 Å². The Hall–Kier alpha value is -2.60. The van der Waals surface area contributed by atoms with Gasteiger partial charge in [-0.25, -0.2) is 4.98 Å². The minimum absolute atomic E-state index is 0.180. The first kappa shape index (κ1) is 18.7. The smallest absolute Gasteiger partial charge is 0.259 e. The number of hydrogen-bond donors (Lipinski definition) is 1. The van der Waals surface area contributed by atoms with Crippen LogP contribution in [0.3, 0.4) is 0 Å². The highest BCUT2D eigenvalue weighted by atomic mass is 16.5. The van der Waals surface area contributed by atoms with E-state index in [9.17, 15) is 4.79 Å². The average Bonchev–Trinajstić information content (AvgIpc) is 3.29. The summed E-state index contributed by atoms with van der Waals surface area (Å²) in [7, 11) is 1.57. The fourth-order valence-corrected chi connectivity index (χ4v) is 4.29. The summed E-state index contributed by atoms with van der Waals surface area (Å²) in [6.45, 7) is 4.13. The van der Waals surface area contributed by atoms with Gasteiger partial charge in [0.05, 0.1) is 12.7 Å². The molecular weight excluding hydrogens is 352 g/mol. The fourth-order valence-electron chi connectivity index (χ4n) is 4.29. The summed E-state index contributed by atoms with van der Waals surface area (Å²) < 4.78 is 5.29. The molecule has 1 amide bonds. The van der Waals surface area contributed by atoms with E-state index in [4.69, 9.17) is 4.74 Å². The zero-order valence-corrected chi connectivity index (χ0v) is 16.4. The number of aromatic nitrogens is 1. The molecule has 1 aromatic heterocycles. The molecule has 148 valence electrons. The Bertz CT molecular complexity index is 812. The van der Waals surface area contributed by atoms with Crippen LogP contribution >= 0.6 is 0 Å². The topological polar surface area (TPSA) is 57.7 Å². The van der Waals surface area contributed by atoms with Gasteiger partial charge >= 0.3 is 0 Å². The van der Waals surface area contributed by atoms with Crippen molar-refractivity contribution in [1.29, 1.82) is 0 Å². The molecule has 6 nitrogen and oxygen atoms in total. The molecule has 1 saturated heterocycles. The number of carbonyl (C=O) groups is 1. The van der Waals surface area contributed by atoms with Crippen LogP contribution in [0.25, 0.3) is 0 Å². The molecule has 1 N–H and O–H groups in total. The van der Waals surface area contributed by atoms with Gasteiger partial charge in [0, 0.05) is 50.2 Å². The maximum Gasteiger partial charge on any atom is 0.259 e. The van der Waals surface area contributed by atoms with Gasteiger partial charge in [-0.05, 0) is 31.0 Å². The van der Waals surface area contributed by atoms with E-state index < -0.39 is 0 Å². The number of carbonyl (C=O) groups excluding carboxylic acids is 1. The van der Waals surface area contributed by atoms with Crippen molar-refractivity contribution in [1.82, 2.24) is 9.88 Å². The van der Waals surface area contributed by atoms with E-state index in [0.717, 1.165) is 43.7 Å². The first-order valence-corrected chi connectivity index (χ1v) is 10.1. The van der Waals surface area contributed by atoms with Crippen molar-refractivity contribution in [3.05, 3.63) is 48.2 Å². The number of nitrogens with zero attached hydrogens (tertiary/aromatic N) is 3. The SMILES string of the molecule is COc1ccccc1C(=O)Nc1ccnc(N2CCN(C3CCCC3)CC2)c1. The van der Waals surface area contributed by atoms with Gasteiger partial charge in [0.25, 0.3) is 5.91 Å². The Balaban J connectivity index is 1.40. The van der Waals surface area contributed by atoms with Gasteiger partial charge in [-0.15, -0.1) is 0 Å². The van der Waals surface area contributed by atoms with E-state index in [1.807, 2.05) is 24.3 Å². The number of hydrogen-bond acceptors (Lipinski definition) is 5. The van der Waals surface area contributed by atoms with Crippen LogP contribution in [0.2, 0.25) is 0 Å². The highest BCUT2D eigenvalue weighted by Crippen LogP contribution is 2.26. The van der Waals surface area contributed by atoms with Crippen LogP contribution in [0.1, 0.15) is 36.0 Å². The summed E-state index contributed by atoms with van der Waals surface area (Å²) in [4.78, 5) is 22.1. The third kappa shape index (κ3) is 4.12. The highest BCUT2D eigenvalue weighted by Gasteiger charge is 2.26. The van der Waals surface area contributed by atoms with Gasteiger partial charge in [-0.3, -0.25) is 9.69 Å². The Kier molecular flexibility index (Phi) is 5.76. The fraction of sp³-hybridized carbons (Fsp3) is 0.455. The molecule has 0 spiro atoms. The van der Waals surface area contributed by atoms with Gasteiger partial charge in [0.1, 0.15) is 11.6 Å². The Morgan fingerprint density at radius 2 is 1.86 bits per heavy atom. The number of ether oxygens (including phenoxy) is 1. The number of para-hydroxylation sites is 1.